The van der Waals surface area contributed by atoms with E-state index in [0.717, 1.165) is 62.6 Å². The number of pyridine rings is 1. The summed E-state index contributed by atoms with van der Waals surface area (Å²) in [6, 6.07) is 14.4. The number of ether oxygens (including phenoxy) is 1. The number of carbonyl (C=O) groups is 1. The fraction of sp³-hybridized carbons (Fsp3) is 0.538. The Hall–Kier alpha value is -2.24. The number of ketones is 1. The van der Waals surface area contributed by atoms with E-state index in [2.05, 4.69) is 26.9 Å². The van der Waals surface area contributed by atoms with Gasteiger partial charge >= 0.3 is 0 Å². The standard InChI is InChI=1S/C26H35N3O2/c1-20(2)31-25-10-5-7-21(17-25)26(30)22-8-6-14-29(18-22)24-11-15-28(16-12-24)19-23-9-3-4-13-27-23/h3-5,7,9-10,13,17,20,22,24H,6,8,11-12,14-16,18-19H2,1-2H3/t22-/m0/s1. The molecule has 2 saturated heterocycles. The molecule has 0 bridgehead atoms. The number of carbonyl (C=O) groups excluding carboxylic acids is 1. The van der Waals surface area contributed by atoms with Crippen LogP contribution in [0.5, 0.6) is 5.75 Å². The summed E-state index contributed by atoms with van der Waals surface area (Å²) in [7, 11) is 0. The van der Waals surface area contributed by atoms with Gasteiger partial charge in [0.1, 0.15) is 5.75 Å². The molecule has 0 radical (unpaired) electrons. The molecule has 1 aromatic heterocycles. The van der Waals surface area contributed by atoms with Gasteiger partial charge in [0.15, 0.2) is 5.78 Å². The molecule has 5 nitrogen and oxygen atoms in total. The van der Waals surface area contributed by atoms with E-state index in [9.17, 15) is 4.79 Å². The third-order valence-corrected chi connectivity index (χ3v) is 6.50. The lowest BCUT2D eigenvalue weighted by atomic mass is 9.88. The van der Waals surface area contributed by atoms with Crippen molar-refractivity contribution in [2.75, 3.05) is 26.2 Å². The van der Waals surface area contributed by atoms with E-state index in [4.69, 9.17) is 4.74 Å². The van der Waals surface area contributed by atoms with Crippen LogP contribution in [0.4, 0.5) is 0 Å². The van der Waals surface area contributed by atoms with Crippen LogP contribution in [0.1, 0.15) is 55.6 Å². The number of likely N-dealkylation sites (tertiary alicyclic amines) is 2. The van der Waals surface area contributed by atoms with Crippen molar-refractivity contribution in [2.45, 2.75) is 58.2 Å². The molecule has 5 heteroatoms. The van der Waals surface area contributed by atoms with Crippen LogP contribution in [0.25, 0.3) is 0 Å². The zero-order valence-electron chi connectivity index (χ0n) is 18.9. The molecular weight excluding hydrogens is 386 g/mol. The molecule has 0 N–H and O–H groups in total. The van der Waals surface area contributed by atoms with Gasteiger partial charge in [-0.05, 0) is 70.3 Å². The monoisotopic (exact) mass is 421 g/mol. The Morgan fingerprint density at radius 1 is 1.10 bits per heavy atom. The number of nitrogens with zero attached hydrogens (tertiary/aromatic N) is 3. The van der Waals surface area contributed by atoms with Crippen LogP contribution in [0.3, 0.4) is 0 Å². The molecular formula is C26H35N3O2. The molecule has 2 aliphatic rings. The largest absolute Gasteiger partial charge is 0.491 e. The molecule has 0 saturated carbocycles. The number of aromatic nitrogens is 1. The van der Waals surface area contributed by atoms with E-state index in [1.54, 1.807) is 0 Å². The number of hydrogen-bond donors (Lipinski definition) is 0. The maximum Gasteiger partial charge on any atom is 0.167 e. The first-order valence-corrected chi connectivity index (χ1v) is 11.8. The van der Waals surface area contributed by atoms with Crippen LogP contribution in [-0.4, -0.2) is 58.9 Å². The van der Waals surface area contributed by atoms with Crippen molar-refractivity contribution < 1.29 is 9.53 Å². The molecule has 0 spiro atoms. The van der Waals surface area contributed by atoms with E-state index < -0.39 is 0 Å². The second kappa shape index (κ2) is 10.4. The molecule has 2 aliphatic heterocycles. The summed E-state index contributed by atoms with van der Waals surface area (Å²) in [6.07, 6.45) is 6.42. The Morgan fingerprint density at radius 2 is 1.94 bits per heavy atom. The third kappa shape index (κ3) is 5.92. The van der Waals surface area contributed by atoms with Gasteiger partial charge < -0.3 is 4.74 Å². The minimum Gasteiger partial charge on any atom is -0.491 e. The van der Waals surface area contributed by atoms with Crippen LogP contribution in [0.2, 0.25) is 0 Å². The average Bonchev–Trinajstić information content (AvgIpc) is 2.80. The van der Waals surface area contributed by atoms with Crippen LogP contribution >= 0.6 is 0 Å². The number of hydrogen-bond acceptors (Lipinski definition) is 5. The molecule has 0 aliphatic carbocycles. The van der Waals surface area contributed by atoms with Crippen molar-refractivity contribution in [2.24, 2.45) is 5.92 Å². The van der Waals surface area contributed by atoms with Crippen LogP contribution in [0.15, 0.2) is 48.7 Å². The molecule has 2 aromatic rings. The predicted molar refractivity (Wildman–Crippen MR) is 123 cm³/mol. The highest BCUT2D eigenvalue weighted by Crippen LogP contribution is 2.27. The summed E-state index contributed by atoms with van der Waals surface area (Å²) in [5.41, 5.74) is 1.93. The van der Waals surface area contributed by atoms with Crippen LogP contribution in [0, 0.1) is 5.92 Å². The Kier molecular flexibility index (Phi) is 7.36. The second-order valence-electron chi connectivity index (χ2n) is 9.22. The summed E-state index contributed by atoms with van der Waals surface area (Å²) in [4.78, 5) is 22.8. The first-order chi connectivity index (χ1) is 15.1. The summed E-state index contributed by atoms with van der Waals surface area (Å²) in [5.74, 6) is 1.15. The fourth-order valence-corrected chi connectivity index (χ4v) is 4.95. The summed E-state index contributed by atoms with van der Waals surface area (Å²) >= 11 is 0. The predicted octanol–water partition coefficient (Wildman–Crippen LogP) is 4.43. The minimum atomic E-state index is 0.0922. The SMILES string of the molecule is CC(C)Oc1cccc(C(=O)[C@H]2CCCN(C3CCN(Cc4ccccn4)CC3)C2)c1. The minimum absolute atomic E-state index is 0.0922. The molecule has 1 aromatic carbocycles. The molecule has 3 heterocycles. The van der Waals surface area contributed by atoms with Crippen molar-refractivity contribution in [1.82, 2.24) is 14.8 Å². The molecule has 4 rings (SSSR count). The van der Waals surface area contributed by atoms with Gasteiger partial charge in [0.25, 0.3) is 0 Å². The first kappa shape index (κ1) is 22.0. The maximum atomic E-state index is 13.2. The van der Waals surface area contributed by atoms with Gasteiger partial charge in [-0.15, -0.1) is 0 Å². The molecule has 166 valence electrons. The summed E-state index contributed by atoms with van der Waals surface area (Å²) < 4.78 is 5.79. The fourth-order valence-electron chi connectivity index (χ4n) is 4.95. The zero-order chi connectivity index (χ0) is 21.6. The highest BCUT2D eigenvalue weighted by molar-refractivity contribution is 5.98. The molecule has 2 fully saturated rings. The Bertz CT molecular complexity index is 847. The van der Waals surface area contributed by atoms with Crippen molar-refractivity contribution in [3.8, 4) is 5.75 Å². The topological polar surface area (TPSA) is 45.7 Å². The van der Waals surface area contributed by atoms with Gasteiger partial charge in [0.2, 0.25) is 0 Å². The highest BCUT2D eigenvalue weighted by atomic mass is 16.5. The summed E-state index contributed by atoms with van der Waals surface area (Å²) in [5, 5.41) is 0. The van der Waals surface area contributed by atoms with Gasteiger partial charge in [-0.25, -0.2) is 0 Å². The summed E-state index contributed by atoms with van der Waals surface area (Å²) in [6.45, 7) is 9.16. The van der Waals surface area contributed by atoms with Gasteiger partial charge in [-0.1, -0.05) is 18.2 Å². The van der Waals surface area contributed by atoms with Crippen molar-refractivity contribution in [1.29, 1.82) is 0 Å². The Morgan fingerprint density at radius 3 is 2.68 bits per heavy atom. The maximum absolute atomic E-state index is 13.2. The smallest absolute Gasteiger partial charge is 0.167 e. The lowest BCUT2D eigenvalue weighted by Gasteiger charge is -2.42. The van der Waals surface area contributed by atoms with Crippen LogP contribution < -0.4 is 4.74 Å². The average molecular weight is 422 g/mol. The number of piperidine rings is 2. The van der Waals surface area contributed by atoms with E-state index in [-0.39, 0.29) is 17.8 Å². The van der Waals surface area contributed by atoms with Gasteiger partial charge in [0.05, 0.1) is 11.8 Å². The molecule has 31 heavy (non-hydrogen) atoms. The van der Waals surface area contributed by atoms with Gasteiger partial charge in [-0.2, -0.15) is 0 Å². The number of benzene rings is 1. The Labute approximate surface area is 186 Å². The molecule has 1 atom stereocenters. The van der Waals surface area contributed by atoms with Gasteiger partial charge in [0, 0.05) is 49.9 Å². The van der Waals surface area contributed by atoms with E-state index in [0.29, 0.717) is 6.04 Å². The van der Waals surface area contributed by atoms with E-state index >= 15 is 0 Å². The highest BCUT2D eigenvalue weighted by Gasteiger charge is 2.32. The zero-order valence-corrected chi connectivity index (χ0v) is 18.9. The van der Waals surface area contributed by atoms with E-state index in [1.165, 1.54) is 12.8 Å². The van der Waals surface area contributed by atoms with E-state index in [1.807, 2.05) is 50.4 Å². The van der Waals surface area contributed by atoms with Crippen molar-refractivity contribution >= 4 is 5.78 Å². The lowest BCUT2D eigenvalue weighted by Crippen LogP contribution is -2.49. The second-order valence-corrected chi connectivity index (χ2v) is 9.22. The number of rotatable bonds is 7. The lowest BCUT2D eigenvalue weighted by molar-refractivity contribution is 0.0582. The van der Waals surface area contributed by atoms with Crippen molar-refractivity contribution in [3.63, 3.8) is 0 Å². The normalized spacial score (nSPS) is 21.3. The first-order valence-electron chi connectivity index (χ1n) is 11.8. The van der Waals surface area contributed by atoms with Crippen molar-refractivity contribution in [3.05, 3.63) is 59.9 Å². The van der Waals surface area contributed by atoms with Crippen LogP contribution in [-0.2, 0) is 6.54 Å². The number of Topliss-reactive ketones (excluding diaryl/α,β-unsaturated/α-hetero) is 1. The Balaban J connectivity index is 1.31. The quantitative estimate of drug-likeness (QED) is 0.619. The third-order valence-electron chi connectivity index (χ3n) is 6.50. The molecule has 0 amide bonds. The molecule has 0 unspecified atom stereocenters. The van der Waals surface area contributed by atoms with Gasteiger partial charge in [-0.3, -0.25) is 19.6 Å².